The fourth-order valence-electron chi connectivity index (χ4n) is 9.20. The molecule has 6 aromatic carbocycles. The fraction of sp³-hybridized carbons (Fsp3) is 0.328. The van der Waals surface area contributed by atoms with Crippen LogP contribution in [0.15, 0.2) is 127 Å². The van der Waals surface area contributed by atoms with Crippen LogP contribution < -0.4 is 21.3 Å². The number of anilines is 3. The van der Waals surface area contributed by atoms with Crippen LogP contribution in [0.5, 0.6) is 0 Å². The standard InChI is InChI=1S/C22H23ClF2N2O3.C22H23ClF2N2O2S.C17H15ClF2N2S/c1-22(2,3)30-21(29)27-12-13(24)11-18(27)20(28)26-17-10-6-8-15(19(17)25)14-7-4-5-9-16(14)23;1-22(2,3)29-21(28)27-12-13(24)11-18(27)20(30)26-17-10-6-8-15(19(17)25)14-7-4-5-9-16(14)23;18-13-6-2-1-4-11(13)12-5-3-7-14(16(12)20)22-17(23)15-8-10(19)9-21-15/h4-10,13,18H,11-12H2,1-3H3,(H,26,28);4-10,13,18H,11-12H2,1-3H3,(H,26,30);1-7,10,15,21H,8-9H2,(H,22,23)/t2*13-,18+;10-,15+/m111/s1. The molecule has 3 amide bonds. The summed E-state index contributed by atoms with van der Waals surface area (Å²) in [7, 11) is 0. The lowest BCUT2D eigenvalue weighted by molar-refractivity contribution is -0.120. The average molecular weight is 1240 g/mol. The zero-order valence-electron chi connectivity index (χ0n) is 46.0. The minimum absolute atomic E-state index is 0.0247. The van der Waals surface area contributed by atoms with Crippen LogP contribution in [0.3, 0.4) is 0 Å². The van der Waals surface area contributed by atoms with Crippen molar-refractivity contribution >= 4 is 104 Å². The summed E-state index contributed by atoms with van der Waals surface area (Å²) in [6.07, 6.45) is -4.81. The van der Waals surface area contributed by atoms with E-state index in [2.05, 4.69) is 21.3 Å². The predicted molar refractivity (Wildman–Crippen MR) is 325 cm³/mol. The quantitative estimate of drug-likeness (QED) is 0.0822. The molecule has 0 saturated carbocycles. The summed E-state index contributed by atoms with van der Waals surface area (Å²) >= 11 is 29.2. The highest BCUT2D eigenvalue weighted by molar-refractivity contribution is 7.81. The predicted octanol–water partition coefficient (Wildman–Crippen LogP) is 16.3. The van der Waals surface area contributed by atoms with E-state index >= 15 is 8.78 Å². The number of rotatable bonds is 9. The van der Waals surface area contributed by atoms with Gasteiger partial charge in [-0.2, -0.15) is 0 Å². The molecule has 3 heterocycles. The molecule has 0 unspecified atom stereocenters. The van der Waals surface area contributed by atoms with E-state index in [1.54, 1.807) is 157 Å². The number of nitrogens with zero attached hydrogens (tertiary/aromatic N) is 2. The van der Waals surface area contributed by atoms with Crippen LogP contribution in [0.2, 0.25) is 15.1 Å². The SMILES string of the molecule is CC(C)(C)OC(=O)N1C[C@H](F)C[C@H]1C(=O)Nc1cccc(-c2ccccc2Cl)c1F.CC(C)(C)OC(=O)N1C[C@H](F)C[C@H]1C(=S)Nc1cccc(-c2ccccc2Cl)c1F.Fc1c(NC(=S)[C@@H]2C[C@@H](F)CN2)cccc1-c1ccccc1Cl. The van der Waals surface area contributed by atoms with Gasteiger partial charge in [0.05, 0.1) is 47.2 Å². The zero-order valence-corrected chi connectivity index (χ0v) is 49.9. The van der Waals surface area contributed by atoms with Gasteiger partial charge in [0.15, 0.2) is 17.5 Å². The largest absolute Gasteiger partial charge is 0.444 e. The van der Waals surface area contributed by atoms with Gasteiger partial charge in [-0.3, -0.25) is 14.6 Å². The lowest BCUT2D eigenvalue weighted by atomic mass is 10.0. The normalized spacial score (nSPS) is 19.4. The highest BCUT2D eigenvalue weighted by Crippen LogP contribution is 2.37. The molecule has 83 heavy (non-hydrogen) atoms. The maximum absolute atomic E-state index is 15.2. The number of benzene rings is 6. The van der Waals surface area contributed by atoms with E-state index in [4.69, 9.17) is 68.7 Å². The number of alkyl halides is 3. The second-order valence-corrected chi connectivity index (χ2v) is 23.8. The van der Waals surface area contributed by atoms with Gasteiger partial charge in [0.1, 0.15) is 40.7 Å². The van der Waals surface area contributed by atoms with Gasteiger partial charge in [0, 0.05) is 74.3 Å². The highest BCUT2D eigenvalue weighted by atomic mass is 35.5. The van der Waals surface area contributed by atoms with Gasteiger partial charge in [-0.25, -0.2) is 35.9 Å². The Hall–Kier alpha value is -6.48. The van der Waals surface area contributed by atoms with E-state index in [1.165, 1.54) is 17.0 Å². The Kier molecular flexibility index (Phi) is 21.6. The summed E-state index contributed by atoms with van der Waals surface area (Å²) in [5, 5.41) is 12.5. The van der Waals surface area contributed by atoms with E-state index in [1.807, 2.05) is 0 Å². The number of halogens is 9. The van der Waals surface area contributed by atoms with Crippen molar-refractivity contribution in [3.05, 3.63) is 160 Å². The summed E-state index contributed by atoms with van der Waals surface area (Å²) in [4.78, 5) is 40.5. The first-order chi connectivity index (χ1) is 39.2. The number of likely N-dealkylation sites (tertiary alicyclic amines) is 2. The van der Waals surface area contributed by atoms with Crippen molar-refractivity contribution in [1.29, 1.82) is 0 Å². The van der Waals surface area contributed by atoms with Gasteiger partial charge in [0.2, 0.25) is 5.91 Å². The van der Waals surface area contributed by atoms with E-state index in [9.17, 15) is 31.9 Å². The molecular formula is C61H61Cl3F6N6O5S2. The molecule has 0 radical (unpaired) electrons. The first kappa shape index (κ1) is 64.1. The third-order valence-corrected chi connectivity index (χ3v) is 14.8. The van der Waals surface area contributed by atoms with Crippen molar-refractivity contribution in [3.8, 4) is 33.4 Å². The van der Waals surface area contributed by atoms with Crippen LogP contribution in [0, 0.1) is 17.5 Å². The molecule has 3 fully saturated rings. The maximum atomic E-state index is 15.2. The third kappa shape index (κ3) is 16.9. The maximum Gasteiger partial charge on any atom is 0.411 e. The molecule has 0 aliphatic carbocycles. The lowest BCUT2D eigenvalue weighted by Crippen LogP contribution is -2.45. The summed E-state index contributed by atoms with van der Waals surface area (Å²) in [5.74, 6) is -2.32. The minimum atomic E-state index is -1.37. The number of amides is 3. The van der Waals surface area contributed by atoms with E-state index in [-0.39, 0.29) is 66.1 Å². The van der Waals surface area contributed by atoms with E-state index in [0.717, 1.165) is 4.90 Å². The highest BCUT2D eigenvalue weighted by Gasteiger charge is 2.43. The Morgan fingerprint density at radius 2 is 0.843 bits per heavy atom. The Morgan fingerprint density at radius 1 is 0.494 bits per heavy atom. The molecule has 3 saturated heterocycles. The van der Waals surface area contributed by atoms with Crippen molar-refractivity contribution in [1.82, 2.24) is 15.1 Å². The molecular weight excluding hydrogens is 1180 g/mol. The minimum Gasteiger partial charge on any atom is -0.444 e. The number of carbonyl (C=O) groups is 3. The number of hydrogen-bond acceptors (Lipinski definition) is 8. The van der Waals surface area contributed by atoms with Crippen molar-refractivity contribution in [2.24, 2.45) is 0 Å². The molecule has 9 rings (SSSR count). The van der Waals surface area contributed by atoms with Crippen LogP contribution in [-0.4, -0.2) is 105 Å². The molecule has 11 nitrogen and oxygen atoms in total. The molecule has 0 spiro atoms. The van der Waals surface area contributed by atoms with Gasteiger partial charge >= 0.3 is 12.2 Å². The van der Waals surface area contributed by atoms with Gasteiger partial charge in [-0.1, -0.05) is 150 Å². The van der Waals surface area contributed by atoms with E-state index < -0.39 is 77.3 Å². The molecule has 3 aliphatic rings. The molecule has 6 atom stereocenters. The Labute approximate surface area is 504 Å². The monoisotopic (exact) mass is 1240 g/mol. The molecule has 0 aromatic heterocycles. The van der Waals surface area contributed by atoms with Crippen molar-refractivity contribution < 1.29 is 50.2 Å². The number of ether oxygens (including phenoxy) is 2. The summed E-state index contributed by atoms with van der Waals surface area (Å²) in [6.45, 7) is 10.1. The number of nitrogens with one attached hydrogen (secondary N) is 4. The van der Waals surface area contributed by atoms with Crippen molar-refractivity contribution in [2.75, 3.05) is 35.6 Å². The molecule has 4 N–H and O–H groups in total. The van der Waals surface area contributed by atoms with Crippen LogP contribution in [0.1, 0.15) is 60.8 Å². The fourth-order valence-corrected chi connectivity index (χ4v) is 10.5. The van der Waals surface area contributed by atoms with E-state index in [0.29, 0.717) is 54.3 Å². The lowest BCUT2D eigenvalue weighted by Gasteiger charge is -2.29. The Balaban J connectivity index is 0.000000181. The smallest absolute Gasteiger partial charge is 0.411 e. The number of thiocarbonyl (C=S) groups is 2. The number of hydrogen-bond donors (Lipinski definition) is 4. The molecule has 6 aromatic rings. The van der Waals surface area contributed by atoms with Gasteiger partial charge < -0.3 is 30.7 Å². The van der Waals surface area contributed by atoms with Crippen LogP contribution >= 0.6 is 59.2 Å². The second kappa shape index (κ2) is 27.9. The first-order valence-electron chi connectivity index (χ1n) is 26.4. The van der Waals surface area contributed by atoms with Gasteiger partial charge in [0.25, 0.3) is 0 Å². The van der Waals surface area contributed by atoms with Crippen LogP contribution in [0.4, 0.5) is 53.0 Å². The molecule has 440 valence electrons. The van der Waals surface area contributed by atoms with Gasteiger partial charge in [-0.15, -0.1) is 0 Å². The average Bonchev–Trinajstić information content (AvgIpc) is 4.21. The third-order valence-electron chi connectivity index (χ3n) is 13.0. The molecule has 3 aliphatic heterocycles. The van der Waals surface area contributed by atoms with Crippen LogP contribution in [-0.2, 0) is 14.3 Å². The first-order valence-corrected chi connectivity index (χ1v) is 28.3. The summed E-state index contributed by atoms with van der Waals surface area (Å²) < 4.78 is 97.0. The molecule has 0 bridgehead atoms. The number of carbonyl (C=O) groups excluding carboxylic acids is 3. The van der Waals surface area contributed by atoms with Crippen LogP contribution in [0.25, 0.3) is 33.4 Å². The van der Waals surface area contributed by atoms with Crippen molar-refractivity contribution in [2.45, 2.75) is 109 Å². The van der Waals surface area contributed by atoms with Crippen molar-refractivity contribution in [3.63, 3.8) is 0 Å². The Bertz CT molecular complexity index is 3200. The summed E-state index contributed by atoms with van der Waals surface area (Å²) in [5.41, 5.74) is 1.37. The second-order valence-electron chi connectivity index (χ2n) is 21.7. The Morgan fingerprint density at radius 3 is 1.22 bits per heavy atom. The topological polar surface area (TPSA) is 124 Å². The van der Waals surface area contributed by atoms with Gasteiger partial charge in [-0.05, 0) is 77.9 Å². The summed E-state index contributed by atoms with van der Waals surface area (Å²) in [6, 6.07) is 33.0. The molecule has 22 heteroatoms. The zero-order chi connectivity index (χ0) is 60.5.